The fraction of sp³-hybridized carbons (Fsp3) is 0.641. The van der Waals surface area contributed by atoms with Crippen molar-refractivity contribution in [1.82, 2.24) is 0 Å². The Kier molecular flexibility index (Phi) is 63.7. The van der Waals surface area contributed by atoms with Crippen LogP contribution in [0.3, 0.4) is 0 Å². The number of likely N-dealkylation sites (N-methyl/N-ethyl adjacent to an activating group) is 1. The van der Waals surface area contributed by atoms with E-state index in [2.05, 4.69) is 172 Å². The first-order valence-corrected chi connectivity index (χ1v) is 36.7. The summed E-state index contributed by atoms with van der Waals surface area (Å²) in [6, 6.07) is 0. The molecule has 0 saturated carbocycles. The largest absolute Gasteiger partial charge is 0.756 e. The summed E-state index contributed by atoms with van der Waals surface area (Å²) in [6.07, 6.45) is 100. The molecule has 0 rings (SSSR count). The van der Waals surface area contributed by atoms with Crippen LogP contribution in [0.2, 0.25) is 0 Å². The molecule has 2 unspecified atom stereocenters. The summed E-state index contributed by atoms with van der Waals surface area (Å²) < 4.78 is 34.3. The second kappa shape index (κ2) is 67.0. The Morgan fingerprint density at radius 1 is 0.364 bits per heavy atom. The number of phosphoric ester groups is 1. The van der Waals surface area contributed by atoms with E-state index in [1.54, 1.807) is 0 Å². The van der Waals surface area contributed by atoms with Crippen molar-refractivity contribution in [3.63, 3.8) is 0 Å². The molecular weight excluding hydrogens is 1110 g/mol. The molecule has 88 heavy (non-hydrogen) atoms. The van der Waals surface area contributed by atoms with E-state index >= 15 is 0 Å². The topological polar surface area (TPSA) is 111 Å². The molecule has 2 atom stereocenters. The number of nitrogens with zero attached hydrogens (tertiary/aromatic N) is 1. The lowest BCUT2D eigenvalue weighted by atomic mass is 10.0. The summed E-state index contributed by atoms with van der Waals surface area (Å²) in [6.45, 7) is 4.10. The molecular formula is C78H130NO8P. The number of hydrogen-bond donors (Lipinski definition) is 0. The van der Waals surface area contributed by atoms with Crippen LogP contribution >= 0.6 is 7.82 Å². The third-order valence-corrected chi connectivity index (χ3v) is 15.5. The van der Waals surface area contributed by atoms with Gasteiger partial charge in [-0.3, -0.25) is 14.2 Å². The molecule has 0 aromatic rings. The van der Waals surface area contributed by atoms with Gasteiger partial charge in [0.15, 0.2) is 6.10 Å². The quantitative estimate of drug-likeness (QED) is 0.0195. The molecule has 0 aromatic heterocycles. The maximum Gasteiger partial charge on any atom is 0.306 e. The third kappa shape index (κ3) is 70.7. The summed E-state index contributed by atoms with van der Waals surface area (Å²) in [5, 5.41) is 0. The molecule has 0 aliphatic rings. The summed E-state index contributed by atoms with van der Waals surface area (Å²) in [5.41, 5.74) is 0. The number of allylic oxidation sites excluding steroid dienone is 26. The Morgan fingerprint density at radius 2 is 0.648 bits per heavy atom. The van der Waals surface area contributed by atoms with Gasteiger partial charge < -0.3 is 27.9 Å². The van der Waals surface area contributed by atoms with Crippen molar-refractivity contribution in [1.29, 1.82) is 0 Å². The van der Waals surface area contributed by atoms with Gasteiger partial charge in [-0.1, -0.05) is 287 Å². The van der Waals surface area contributed by atoms with Gasteiger partial charge in [0, 0.05) is 12.8 Å². The first-order chi connectivity index (χ1) is 43.0. The Hall–Kier alpha value is -4.37. The van der Waals surface area contributed by atoms with Crippen molar-refractivity contribution in [3.8, 4) is 0 Å². The van der Waals surface area contributed by atoms with Crippen molar-refractivity contribution < 1.29 is 42.1 Å². The SMILES string of the molecule is CC/C=C\C/C=C\C/C=C\C/C=C\C/C=C\C/C=C\C/C=C\C/C=C\C/C=C\C/C=C\CCCCCCCCCCCCC(=O)OC(COC(=O)CCCCCCCCCC/C=C\C/C=C\C/C=C\CCCCCCC)COP(=O)([O-])OCC[N+](C)(C)C. The number of carbonyl (C=O) groups excluding carboxylic acids is 2. The number of carbonyl (C=O) groups is 2. The summed E-state index contributed by atoms with van der Waals surface area (Å²) in [7, 11) is 1.14. The standard InChI is InChI=1S/C78H130NO8P/c1-6-8-10-12-14-16-18-20-22-24-26-28-30-31-32-33-34-35-36-37-38-39-40-41-42-43-44-45-46-47-49-51-53-55-57-59-61-63-65-67-69-71-78(81)87-76(75-86-88(82,83)85-73-72-79(3,4)5)74-84-77(80)70-68-66-64-62-60-58-56-54-52-50-48-29-27-25-23-21-19-17-15-13-11-9-7-2/h8,10,14,16,19-22,25-28,31-32,34-35,37-38,40-41,43-44,46-48,50,76H,6-7,9,11-13,15,17-18,23-24,29-30,33,36,39,42,45,49,51-75H2,1-5H3/b10-8-,16-14-,21-19-,22-20-,27-25-,28-26-,32-31-,35-34-,38-37-,41-40-,44-43-,47-46-,50-48-. The van der Waals surface area contributed by atoms with E-state index in [1.165, 1.54) is 103 Å². The summed E-state index contributed by atoms with van der Waals surface area (Å²) in [5.74, 6) is -0.852. The minimum atomic E-state index is -4.65. The average Bonchev–Trinajstić information content (AvgIpc) is 3.58. The molecule has 0 saturated heterocycles. The Labute approximate surface area is 541 Å². The number of unbranched alkanes of at least 4 members (excludes halogenated alkanes) is 23. The molecule has 0 bridgehead atoms. The molecule has 0 aliphatic carbocycles. The smallest absolute Gasteiger partial charge is 0.306 e. The van der Waals surface area contributed by atoms with Crippen molar-refractivity contribution >= 4 is 19.8 Å². The van der Waals surface area contributed by atoms with Crippen molar-refractivity contribution in [2.75, 3.05) is 47.5 Å². The normalized spacial score (nSPS) is 14.1. The van der Waals surface area contributed by atoms with Crippen LogP contribution in [-0.2, 0) is 32.7 Å². The van der Waals surface area contributed by atoms with Gasteiger partial charge in [-0.25, -0.2) is 0 Å². The van der Waals surface area contributed by atoms with E-state index in [-0.39, 0.29) is 26.1 Å². The van der Waals surface area contributed by atoms with Gasteiger partial charge in [-0.05, 0) is 128 Å². The van der Waals surface area contributed by atoms with Gasteiger partial charge in [0.05, 0.1) is 27.7 Å². The molecule has 0 heterocycles. The van der Waals surface area contributed by atoms with E-state index in [4.69, 9.17) is 18.5 Å². The molecule has 500 valence electrons. The molecule has 0 spiro atoms. The van der Waals surface area contributed by atoms with Crippen LogP contribution in [0.4, 0.5) is 0 Å². The highest BCUT2D eigenvalue weighted by Gasteiger charge is 2.22. The van der Waals surface area contributed by atoms with Crippen LogP contribution in [0.1, 0.15) is 271 Å². The first-order valence-electron chi connectivity index (χ1n) is 35.2. The Bertz CT molecular complexity index is 2040. The highest BCUT2D eigenvalue weighted by atomic mass is 31.2. The maximum absolute atomic E-state index is 12.9. The second-order valence-corrected chi connectivity index (χ2v) is 25.6. The van der Waals surface area contributed by atoms with Crippen LogP contribution in [0.5, 0.6) is 0 Å². The third-order valence-electron chi connectivity index (χ3n) is 14.5. The minimum Gasteiger partial charge on any atom is -0.756 e. The van der Waals surface area contributed by atoms with Crippen LogP contribution in [0.25, 0.3) is 0 Å². The average molecular weight is 1240 g/mol. The van der Waals surface area contributed by atoms with E-state index in [1.807, 2.05) is 21.1 Å². The molecule has 0 aliphatic heterocycles. The molecule has 9 nitrogen and oxygen atoms in total. The summed E-state index contributed by atoms with van der Waals surface area (Å²) in [4.78, 5) is 38.0. The number of phosphoric acid groups is 1. The van der Waals surface area contributed by atoms with Crippen molar-refractivity contribution in [2.45, 2.75) is 277 Å². The first kappa shape index (κ1) is 83.6. The van der Waals surface area contributed by atoms with Gasteiger partial charge in [0.2, 0.25) is 0 Å². The van der Waals surface area contributed by atoms with E-state index in [9.17, 15) is 19.0 Å². The summed E-state index contributed by atoms with van der Waals surface area (Å²) >= 11 is 0. The highest BCUT2D eigenvalue weighted by Crippen LogP contribution is 2.38. The number of esters is 2. The van der Waals surface area contributed by atoms with Gasteiger partial charge in [-0.15, -0.1) is 0 Å². The fourth-order valence-electron chi connectivity index (χ4n) is 9.16. The molecule has 0 N–H and O–H groups in total. The number of hydrogen-bond acceptors (Lipinski definition) is 8. The highest BCUT2D eigenvalue weighted by molar-refractivity contribution is 7.45. The van der Waals surface area contributed by atoms with E-state index in [0.717, 1.165) is 128 Å². The van der Waals surface area contributed by atoms with Crippen LogP contribution < -0.4 is 4.89 Å². The van der Waals surface area contributed by atoms with Gasteiger partial charge in [0.1, 0.15) is 19.8 Å². The second-order valence-electron chi connectivity index (χ2n) is 24.2. The van der Waals surface area contributed by atoms with Crippen LogP contribution in [0.15, 0.2) is 158 Å². The predicted molar refractivity (Wildman–Crippen MR) is 378 cm³/mol. The molecule has 0 amide bonds. The maximum atomic E-state index is 12.9. The molecule has 0 aromatic carbocycles. The Balaban J connectivity index is 4.11. The molecule has 10 heteroatoms. The van der Waals surface area contributed by atoms with Gasteiger partial charge >= 0.3 is 11.9 Å². The molecule has 0 radical (unpaired) electrons. The minimum absolute atomic E-state index is 0.0403. The van der Waals surface area contributed by atoms with Crippen molar-refractivity contribution in [3.05, 3.63) is 158 Å². The lowest BCUT2D eigenvalue weighted by Crippen LogP contribution is -2.37. The zero-order chi connectivity index (χ0) is 64.1. The number of quaternary nitrogens is 1. The Morgan fingerprint density at radius 3 is 0.966 bits per heavy atom. The molecule has 0 fully saturated rings. The lowest BCUT2D eigenvalue weighted by molar-refractivity contribution is -0.870. The van der Waals surface area contributed by atoms with E-state index < -0.39 is 32.5 Å². The monoisotopic (exact) mass is 1240 g/mol. The lowest BCUT2D eigenvalue weighted by Gasteiger charge is -2.28. The number of rotatable bonds is 63. The van der Waals surface area contributed by atoms with Crippen molar-refractivity contribution in [2.24, 2.45) is 0 Å². The van der Waals surface area contributed by atoms with Gasteiger partial charge in [-0.2, -0.15) is 0 Å². The number of ether oxygens (including phenoxy) is 2. The van der Waals surface area contributed by atoms with Gasteiger partial charge in [0.25, 0.3) is 7.82 Å². The van der Waals surface area contributed by atoms with E-state index in [0.29, 0.717) is 23.9 Å². The predicted octanol–water partition coefficient (Wildman–Crippen LogP) is 22.5. The fourth-order valence-corrected chi connectivity index (χ4v) is 9.89. The zero-order valence-corrected chi connectivity index (χ0v) is 57.8. The van der Waals surface area contributed by atoms with Crippen LogP contribution in [0, 0.1) is 0 Å². The zero-order valence-electron chi connectivity index (χ0n) is 56.9. The van der Waals surface area contributed by atoms with Crippen LogP contribution in [-0.4, -0.2) is 70.0 Å².